The van der Waals surface area contributed by atoms with Crippen molar-refractivity contribution < 1.29 is 38.7 Å². The van der Waals surface area contributed by atoms with Crippen molar-refractivity contribution >= 4 is 47.3 Å². The first-order chi connectivity index (χ1) is 22.5. The molecule has 0 aromatic heterocycles. The Hall–Kier alpha value is -4.48. The number of primary amides is 1. The lowest BCUT2D eigenvalue weighted by Crippen LogP contribution is -2.61. The first kappa shape index (κ1) is 43.5. The summed E-state index contributed by atoms with van der Waals surface area (Å²) >= 11 is 0. The summed E-state index contributed by atoms with van der Waals surface area (Å²) in [5, 5.41) is 25.2. The maximum absolute atomic E-state index is 13.5. The van der Waals surface area contributed by atoms with Crippen molar-refractivity contribution in [1.82, 2.24) is 31.9 Å². The van der Waals surface area contributed by atoms with E-state index in [1.54, 1.807) is 27.7 Å². The summed E-state index contributed by atoms with van der Waals surface area (Å²) in [4.78, 5) is 93.1. The first-order valence-electron chi connectivity index (χ1n) is 16.2. The molecule has 0 saturated carbocycles. The van der Waals surface area contributed by atoms with Gasteiger partial charge < -0.3 is 54.2 Å². The fraction of sp³-hybridized carbons (Fsp3) is 0.733. The van der Waals surface area contributed by atoms with Gasteiger partial charge in [-0.1, -0.05) is 40.5 Å². The average molecular weight is 685 g/mol. The highest BCUT2D eigenvalue weighted by Gasteiger charge is 2.34. The van der Waals surface area contributed by atoms with Crippen molar-refractivity contribution in [1.29, 1.82) is 0 Å². The van der Waals surface area contributed by atoms with Crippen LogP contribution in [-0.4, -0.2) is 102 Å². The van der Waals surface area contributed by atoms with Gasteiger partial charge >= 0.3 is 0 Å². The summed E-state index contributed by atoms with van der Waals surface area (Å²) in [5.74, 6) is -5.70. The zero-order valence-corrected chi connectivity index (χ0v) is 28.9. The largest absolute Gasteiger partial charge is 0.394 e. The lowest BCUT2D eigenvalue weighted by atomic mass is 9.96. The van der Waals surface area contributed by atoms with E-state index in [1.807, 2.05) is 6.92 Å². The summed E-state index contributed by atoms with van der Waals surface area (Å²) in [6.07, 6.45) is 0.950. The van der Waals surface area contributed by atoms with E-state index in [1.165, 1.54) is 6.92 Å². The van der Waals surface area contributed by atoms with Crippen molar-refractivity contribution in [3.63, 3.8) is 0 Å². The number of carbonyl (C=O) groups is 7. The van der Waals surface area contributed by atoms with Gasteiger partial charge in [0.05, 0.1) is 6.61 Å². The summed E-state index contributed by atoms with van der Waals surface area (Å²) in [5.41, 5.74) is 16.0. The molecule has 7 amide bonds. The molecule has 0 radical (unpaired) electrons. The third-order valence-electron chi connectivity index (χ3n) is 7.70. The zero-order valence-electron chi connectivity index (χ0n) is 28.9. The molecule has 0 aliphatic carbocycles. The van der Waals surface area contributed by atoms with Gasteiger partial charge in [0.2, 0.25) is 41.4 Å². The minimum Gasteiger partial charge on any atom is -0.394 e. The number of aliphatic hydroxyl groups is 1. The van der Waals surface area contributed by atoms with E-state index in [0.717, 1.165) is 0 Å². The number of guanidine groups is 1. The standard InChI is InChI=1S/C30H56N10O8/c1-7-16(4)23(36-18(6)42)28(47)39-21(15-41)27(46)37-20(12-13-22(31)43)26(45)40-24(17(5)8-2)29(48)38-19(25(44)34-9-3)11-10-14-35-30(32)33/h16-17,19-21,23-24,41H,7-15H2,1-6H3,(H2,31,43)(H,34,44)(H,36,42)(H,37,46)(H,38,48)(H,39,47)(H,40,45)(H4,32,33,35)/t16-,17-,19-,20-,21-,23+,24-/m0/s1. The van der Waals surface area contributed by atoms with Crippen LogP contribution >= 0.6 is 0 Å². The third-order valence-corrected chi connectivity index (χ3v) is 7.70. The van der Waals surface area contributed by atoms with Crippen LogP contribution in [0.2, 0.25) is 0 Å². The van der Waals surface area contributed by atoms with Crippen LogP contribution in [0.5, 0.6) is 0 Å². The lowest BCUT2D eigenvalue weighted by Gasteiger charge is -2.29. The molecule has 0 bridgehead atoms. The zero-order chi connectivity index (χ0) is 37.0. The fourth-order valence-electron chi connectivity index (χ4n) is 4.49. The number of nitrogens with zero attached hydrogens (tertiary/aromatic N) is 1. The monoisotopic (exact) mass is 684 g/mol. The average Bonchev–Trinajstić information content (AvgIpc) is 3.02. The summed E-state index contributed by atoms with van der Waals surface area (Å²) in [6, 6.07) is -6.05. The van der Waals surface area contributed by atoms with Gasteiger partial charge in [-0.3, -0.25) is 38.6 Å². The highest BCUT2D eigenvalue weighted by molar-refractivity contribution is 5.96. The van der Waals surface area contributed by atoms with Gasteiger partial charge in [0, 0.05) is 26.4 Å². The van der Waals surface area contributed by atoms with E-state index in [9.17, 15) is 38.7 Å². The number of carbonyl (C=O) groups excluding carboxylic acids is 7. The van der Waals surface area contributed by atoms with Gasteiger partial charge in [-0.2, -0.15) is 0 Å². The maximum atomic E-state index is 13.5. The minimum atomic E-state index is -1.52. The topological polar surface area (TPSA) is 302 Å². The molecule has 18 nitrogen and oxygen atoms in total. The third kappa shape index (κ3) is 16.4. The van der Waals surface area contributed by atoms with Crippen LogP contribution in [0, 0.1) is 11.8 Å². The Balaban J connectivity index is 6.05. The fourth-order valence-corrected chi connectivity index (χ4v) is 4.49. The Bertz CT molecular complexity index is 1130. The predicted octanol–water partition coefficient (Wildman–Crippen LogP) is -3.03. The molecule has 13 N–H and O–H groups in total. The van der Waals surface area contributed by atoms with Gasteiger partial charge in [-0.05, 0) is 38.0 Å². The van der Waals surface area contributed by atoms with Crippen LogP contribution in [-0.2, 0) is 33.6 Å². The van der Waals surface area contributed by atoms with E-state index in [2.05, 4.69) is 36.9 Å². The molecule has 0 aromatic rings. The van der Waals surface area contributed by atoms with Gasteiger partial charge in [0.1, 0.15) is 30.2 Å². The molecule has 48 heavy (non-hydrogen) atoms. The number of amides is 7. The molecule has 7 atom stereocenters. The van der Waals surface area contributed by atoms with E-state index < -0.39 is 84.1 Å². The summed E-state index contributed by atoms with van der Waals surface area (Å²) in [6.45, 7) is 9.69. The minimum absolute atomic E-state index is 0.112. The lowest BCUT2D eigenvalue weighted by molar-refractivity contribution is -0.136. The number of hydrogen-bond acceptors (Lipinski definition) is 9. The molecule has 0 aromatic carbocycles. The van der Waals surface area contributed by atoms with Gasteiger partial charge in [-0.15, -0.1) is 0 Å². The first-order valence-corrected chi connectivity index (χ1v) is 16.2. The molecule has 18 heteroatoms. The Morgan fingerprint density at radius 2 is 1.15 bits per heavy atom. The highest BCUT2D eigenvalue weighted by Crippen LogP contribution is 2.12. The van der Waals surface area contributed by atoms with Crippen LogP contribution in [0.3, 0.4) is 0 Å². The smallest absolute Gasteiger partial charge is 0.245 e. The number of likely N-dealkylation sites (N-methyl/N-ethyl adjacent to an activating group) is 1. The SMILES string of the molecule is CCNC(=O)[C@H](CCCN=C(N)N)NC(=O)[C@@H](NC(=O)[C@H](CCC(N)=O)NC(=O)[C@H](CO)NC(=O)[C@H](NC(C)=O)[C@@H](C)CC)[C@@H](C)CC. The molecule has 0 saturated heterocycles. The molecule has 0 spiro atoms. The van der Waals surface area contributed by atoms with Crippen molar-refractivity contribution in [2.24, 2.45) is 34.0 Å². The van der Waals surface area contributed by atoms with Crippen LogP contribution in [0.15, 0.2) is 4.99 Å². The molecule has 0 heterocycles. The van der Waals surface area contributed by atoms with Crippen LogP contribution in [0.1, 0.15) is 80.1 Å². The number of nitrogens with two attached hydrogens (primary N) is 3. The van der Waals surface area contributed by atoms with Crippen molar-refractivity contribution in [3.8, 4) is 0 Å². The summed E-state index contributed by atoms with van der Waals surface area (Å²) in [7, 11) is 0. The van der Waals surface area contributed by atoms with Crippen molar-refractivity contribution in [3.05, 3.63) is 0 Å². The molecule has 0 fully saturated rings. The maximum Gasteiger partial charge on any atom is 0.245 e. The van der Waals surface area contributed by atoms with E-state index in [0.29, 0.717) is 25.8 Å². The summed E-state index contributed by atoms with van der Waals surface area (Å²) < 4.78 is 0. The second-order valence-corrected chi connectivity index (χ2v) is 11.6. The van der Waals surface area contributed by atoms with Gasteiger partial charge in [0.15, 0.2) is 5.96 Å². The van der Waals surface area contributed by atoms with Crippen LogP contribution in [0.4, 0.5) is 0 Å². The highest BCUT2D eigenvalue weighted by atomic mass is 16.3. The molecular formula is C30H56N10O8. The second-order valence-electron chi connectivity index (χ2n) is 11.6. The number of hydrogen-bond donors (Lipinski definition) is 10. The van der Waals surface area contributed by atoms with Crippen LogP contribution in [0.25, 0.3) is 0 Å². The Kier molecular flexibility index (Phi) is 20.8. The van der Waals surface area contributed by atoms with E-state index >= 15 is 0 Å². The predicted molar refractivity (Wildman–Crippen MR) is 178 cm³/mol. The van der Waals surface area contributed by atoms with E-state index in [4.69, 9.17) is 17.2 Å². The number of nitrogens with one attached hydrogen (secondary N) is 6. The van der Waals surface area contributed by atoms with Crippen molar-refractivity contribution in [2.75, 3.05) is 19.7 Å². The second kappa shape index (κ2) is 22.9. The number of aliphatic hydroxyl groups excluding tert-OH is 1. The Morgan fingerprint density at radius 1 is 0.667 bits per heavy atom. The Labute approximate surface area is 281 Å². The molecule has 0 unspecified atom stereocenters. The number of aliphatic imine (C=N–C) groups is 1. The van der Waals surface area contributed by atoms with E-state index in [-0.39, 0.29) is 37.7 Å². The normalized spacial score (nSPS) is 15.1. The number of rotatable bonds is 23. The molecule has 0 rings (SSSR count). The quantitative estimate of drug-likeness (QED) is 0.0295. The van der Waals surface area contributed by atoms with Gasteiger partial charge in [-0.25, -0.2) is 0 Å². The molecule has 0 aliphatic heterocycles. The Morgan fingerprint density at radius 3 is 1.60 bits per heavy atom. The van der Waals surface area contributed by atoms with Crippen LogP contribution < -0.4 is 49.1 Å². The molecular weight excluding hydrogens is 628 g/mol. The van der Waals surface area contributed by atoms with Gasteiger partial charge in [0.25, 0.3) is 0 Å². The molecule has 0 aliphatic rings. The molecule has 274 valence electrons. The van der Waals surface area contributed by atoms with Crippen molar-refractivity contribution in [2.45, 2.75) is 110 Å².